The van der Waals surface area contributed by atoms with Crippen LogP contribution in [0.5, 0.6) is 0 Å². The molecule has 0 aromatic rings. The zero-order valence-corrected chi connectivity index (χ0v) is 25.0. The fourth-order valence-electron chi connectivity index (χ4n) is 7.19. The maximum atomic E-state index is 11.3. The van der Waals surface area contributed by atoms with Crippen LogP contribution < -0.4 is 33.6 Å². The van der Waals surface area contributed by atoms with E-state index in [-0.39, 0.29) is 24.9 Å². The van der Waals surface area contributed by atoms with Gasteiger partial charge in [-0.05, 0) is 45.6 Å². The lowest BCUT2D eigenvalue weighted by Gasteiger charge is -2.51. The summed E-state index contributed by atoms with van der Waals surface area (Å²) in [5.74, 6) is 0. The summed E-state index contributed by atoms with van der Waals surface area (Å²) in [6.45, 7) is -0.436. The number of aliphatic hydroxyl groups is 6. The van der Waals surface area contributed by atoms with Crippen molar-refractivity contribution in [3.63, 3.8) is 0 Å². The molecule has 5 rings (SSSR count). The Balaban J connectivity index is 1.22. The van der Waals surface area contributed by atoms with E-state index in [1.54, 1.807) is 7.05 Å². The number of nitrogens with two attached hydrogens (primary N) is 4. The number of rotatable bonds is 8. The second-order valence-corrected chi connectivity index (χ2v) is 13.0. The van der Waals surface area contributed by atoms with Crippen molar-refractivity contribution in [2.45, 2.75) is 155 Å². The van der Waals surface area contributed by atoms with E-state index in [4.69, 9.17) is 46.6 Å². The van der Waals surface area contributed by atoms with Crippen molar-refractivity contribution >= 4 is 0 Å². The average Bonchev–Trinajstić information content (AvgIpc) is 2.99. The molecule has 5 fully saturated rings. The number of nitrogens with one attached hydrogen (secondary N) is 2. The third-order valence-corrected chi connectivity index (χ3v) is 9.89. The number of fused-ring (bicyclic) bond motifs is 1. The number of ether oxygens (including phenoxy) is 5. The first-order valence-electron chi connectivity index (χ1n) is 15.7. The smallest absolute Gasteiger partial charge is 0.189 e. The van der Waals surface area contributed by atoms with Gasteiger partial charge in [-0.2, -0.15) is 0 Å². The molecular formula is C27H52N6O11. The van der Waals surface area contributed by atoms with Gasteiger partial charge in [0.1, 0.15) is 42.7 Å². The Morgan fingerprint density at radius 3 is 2.05 bits per heavy atom. The topological polar surface area (TPSA) is 296 Å². The minimum atomic E-state index is -1.49. The molecular weight excluding hydrogens is 584 g/mol. The monoisotopic (exact) mass is 636 g/mol. The molecule has 0 radical (unpaired) electrons. The highest BCUT2D eigenvalue weighted by atomic mass is 16.8. The van der Waals surface area contributed by atoms with Crippen molar-refractivity contribution in [2.75, 3.05) is 13.7 Å². The zero-order chi connectivity index (χ0) is 31.9. The number of hydrogen-bond acceptors (Lipinski definition) is 17. The van der Waals surface area contributed by atoms with Crippen molar-refractivity contribution in [1.82, 2.24) is 10.6 Å². The van der Waals surface area contributed by atoms with Gasteiger partial charge in [-0.3, -0.25) is 0 Å². The number of aliphatic hydroxyl groups excluding tert-OH is 6. The molecule has 0 spiro atoms. The largest absolute Gasteiger partial charge is 0.394 e. The summed E-state index contributed by atoms with van der Waals surface area (Å²) < 4.78 is 30.1. The summed E-state index contributed by atoms with van der Waals surface area (Å²) >= 11 is 0. The van der Waals surface area contributed by atoms with Crippen molar-refractivity contribution in [3.8, 4) is 0 Å². The van der Waals surface area contributed by atoms with Gasteiger partial charge in [0.25, 0.3) is 0 Å². The van der Waals surface area contributed by atoms with Crippen molar-refractivity contribution in [1.29, 1.82) is 0 Å². The van der Waals surface area contributed by atoms with Gasteiger partial charge in [0.05, 0.1) is 36.9 Å². The van der Waals surface area contributed by atoms with Gasteiger partial charge < -0.3 is 87.9 Å². The summed E-state index contributed by atoms with van der Waals surface area (Å²) in [5.41, 5.74) is 24.4. The normalized spacial score (nSPS) is 53.7. The SMILES string of the molecule is CNC1C(OC2OC(CO)C(N[C@H]3CC[C@H](N)CC3)C(O)C2O)O[C@H]2C[C@H](N)C(OC3C(N)CC(N)C(O)C3O)OC2C1O. The van der Waals surface area contributed by atoms with E-state index in [2.05, 4.69) is 10.6 Å². The van der Waals surface area contributed by atoms with Gasteiger partial charge in [-0.15, -0.1) is 0 Å². The molecule has 0 aromatic heterocycles. The molecule has 44 heavy (non-hydrogen) atoms. The second kappa shape index (κ2) is 14.6. The summed E-state index contributed by atoms with van der Waals surface area (Å²) in [5, 5.41) is 70.5. The highest BCUT2D eigenvalue weighted by Crippen LogP contribution is 2.36. The van der Waals surface area contributed by atoms with E-state index < -0.39 is 111 Å². The quantitative estimate of drug-likeness (QED) is 0.118. The molecule has 0 bridgehead atoms. The van der Waals surface area contributed by atoms with Crippen LogP contribution in [0.1, 0.15) is 38.5 Å². The lowest BCUT2D eigenvalue weighted by atomic mass is 9.84. The first-order valence-corrected chi connectivity index (χ1v) is 15.7. The van der Waals surface area contributed by atoms with Gasteiger partial charge in [0.15, 0.2) is 18.9 Å². The van der Waals surface area contributed by atoms with Gasteiger partial charge >= 0.3 is 0 Å². The van der Waals surface area contributed by atoms with Gasteiger partial charge in [0.2, 0.25) is 0 Å². The Kier molecular flexibility index (Phi) is 11.5. The first-order chi connectivity index (χ1) is 20.9. The van der Waals surface area contributed by atoms with E-state index in [0.29, 0.717) is 0 Å². The minimum Gasteiger partial charge on any atom is -0.394 e. The number of likely N-dealkylation sites (N-methyl/N-ethyl adjacent to an activating group) is 1. The zero-order valence-electron chi connectivity index (χ0n) is 25.0. The van der Waals surface area contributed by atoms with Crippen LogP contribution in [-0.2, 0) is 23.7 Å². The van der Waals surface area contributed by atoms with Crippen LogP contribution in [0.3, 0.4) is 0 Å². The molecule has 3 heterocycles. The van der Waals surface area contributed by atoms with Crippen LogP contribution in [0.2, 0.25) is 0 Å². The van der Waals surface area contributed by atoms with Crippen LogP contribution >= 0.6 is 0 Å². The van der Waals surface area contributed by atoms with Gasteiger partial charge in [0, 0.05) is 24.2 Å². The second-order valence-electron chi connectivity index (χ2n) is 13.0. The molecule has 2 aliphatic carbocycles. The van der Waals surface area contributed by atoms with Crippen LogP contribution in [0.15, 0.2) is 0 Å². The summed E-state index contributed by atoms with van der Waals surface area (Å²) in [7, 11) is 1.58. The van der Waals surface area contributed by atoms with Gasteiger partial charge in [-0.25, -0.2) is 0 Å². The third-order valence-electron chi connectivity index (χ3n) is 9.89. The molecule has 17 nitrogen and oxygen atoms in total. The molecule has 3 aliphatic heterocycles. The highest BCUT2D eigenvalue weighted by molar-refractivity contribution is 5.02. The fourth-order valence-corrected chi connectivity index (χ4v) is 7.19. The van der Waals surface area contributed by atoms with Crippen molar-refractivity contribution in [3.05, 3.63) is 0 Å². The third kappa shape index (κ3) is 7.09. The molecule has 0 amide bonds. The van der Waals surface area contributed by atoms with E-state index in [1.807, 2.05) is 0 Å². The Labute approximate surface area is 256 Å². The number of hydrogen-bond donors (Lipinski definition) is 12. The minimum absolute atomic E-state index is 0.0577. The maximum absolute atomic E-state index is 11.3. The van der Waals surface area contributed by atoms with E-state index in [1.165, 1.54) is 0 Å². The first kappa shape index (κ1) is 34.6. The Morgan fingerprint density at radius 1 is 0.682 bits per heavy atom. The molecule has 3 saturated heterocycles. The van der Waals surface area contributed by atoms with Crippen LogP contribution in [-0.4, -0.2) is 160 Å². The Bertz CT molecular complexity index is 920. The average molecular weight is 637 g/mol. The Hall–Kier alpha value is -0.680. The predicted molar refractivity (Wildman–Crippen MR) is 152 cm³/mol. The standard InChI is InChI=1S/C27H52N6O11/c1-32-17-20(37)24-14(7-13(31)25(43-24)42-23-12(30)6-11(29)18(35)21(23)38)40-26(17)44-27-22(39)19(36)16(15(8-34)41-27)33-10-4-2-9(28)3-5-10/h9-27,32-39H,2-8,28-31H2,1H3/t9-,10-,11?,12?,13-,14-,15?,16?,17?,18?,19?,20?,21?,22?,23?,24?,25?,26?,27?/m0/s1. The molecule has 5 aliphatic rings. The molecule has 16 N–H and O–H groups in total. The van der Waals surface area contributed by atoms with Crippen molar-refractivity contribution < 1.29 is 54.3 Å². The summed E-state index contributed by atoms with van der Waals surface area (Å²) in [6.07, 6.45) is -10.1. The summed E-state index contributed by atoms with van der Waals surface area (Å²) in [6, 6.07) is -3.57. The fraction of sp³-hybridized carbons (Fsp3) is 1.00. The van der Waals surface area contributed by atoms with E-state index in [9.17, 15) is 30.6 Å². The van der Waals surface area contributed by atoms with Gasteiger partial charge in [-0.1, -0.05) is 0 Å². The molecule has 15 unspecified atom stereocenters. The van der Waals surface area contributed by atoms with E-state index in [0.717, 1.165) is 25.7 Å². The lowest BCUT2D eigenvalue weighted by Crippen LogP contribution is -2.70. The maximum Gasteiger partial charge on any atom is 0.189 e. The molecule has 2 saturated carbocycles. The highest BCUT2D eigenvalue weighted by Gasteiger charge is 2.54. The van der Waals surface area contributed by atoms with Crippen LogP contribution in [0.4, 0.5) is 0 Å². The van der Waals surface area contributed by atoms with E-state index >= 15 is 0 Å². The summed E-state index contributed by atoms with van der Waals surface area (Å²) in [4.78, 5) is 0. The molecule has 0 aromatic carbocycles. The predicted octanol–water partition coefficient (Wildman–Crippen LogP) is -6.05. The molecule has 17 heteroatoms. The van der Waals surface area contributed by atoms with Crippen LogP contribution in [0, 0.1) is 0 Å². The van der Waals surface area contributed by atoms with Crippen molar-refractivity contribution in [2.24, 2.45) is 22.9 Å². The molecule has 256 valence electrons. The molecule has 17 atom stereocenters. The van der Waals surface area contributed by atoms with Crippen LogP contribution in [0.25, 0.3) is 0 Å². The lowest BCUT2D eigenvalue weighted by molar-refractivity contribution is -0.374. The Morgan fingerprint density at radius 2 is 1.39 bits per heavy atom.